The van der Waals surface area contributed by atoms with Crippen LogP contribution in [0, 0.1) is 0 Å². The van der Waals surface area contributed by atoms with Crippen LogP contribution in [-0.2, 0) is 9.84 Å². The Balaban J connectivity index is 1.75. The minimum Gasteiger partial charge on any atom is -0.489 e. The maximum absolute atomic E-state index is 11.3. The third kappa shape index (κ3) is 5.30. The molecule has 5 nitrogen and oxygen atoms in total. The first-order valence-electron chi connectivity index (χ1n) is 6.55. The number of nitrogens with one attached hydrogen (secondary N) is 1. The highest BCUT2D eigenvalue weighted by atomic mass is 35.5. The van der Waals surface area contributed by atoms with E-state index >= 15 is 0 Å². The van der Waals surface area contributed by atoms with Crippen LogP contribution in [0.5, 0.6) is 5.75 Å². The van der Waals surface area contributed by atoms with Gasteiger partial charge in [0.2, 0.25) is 0 Å². The zero-order valence-electron chi connectivity index (χ0n) is 11.3. The van der Waals surface area contributed by atoms with Crippen LogP contribution in [0.2, 0.25) is 10.0 Å². The second-order valence-electron chi connectivity index (χ2n) is 5.05. The van der Waals surface area contributed by atoms with Crippen LogP contribution >= 0.6 is 23.2 Å². The van der Waals surface area contributed by atoms with Gasteiger partial charge in [-0.3, -0.25) is 0 Å². The fourth-order valence-electron chi connectivity index (χ4n) is 2.09. The van der Waals surface area contributed by atoms with E-state index in [4.69, 9.17) is 27.9 Å². The minimum atomic E-state index is -2.92. The molecule has 118 valence electrons. The molecule has 0 spiro atoms. The smallest absolute Gasteiger partial charge is 0.151 e. The molecule has 1 aromatic rings. The molecule has 0 aromatic heterocycles. The van der Waals surface area contributed by atoms with Gasteiger partial charge in [-0.15, -0.1) is 0 Å². The van der Waals surface area contributed by atoms with E-state index in [0.29, 0.717) is 22.2 Å². The van der Waals surface area contributed by atoms with Gasteiger partial charge in [0.15, 0.2) is 9.84 Å². The van der Waals surface area contributed by atoms with Crippen LogP contribution in [0.25, 0.3) is 0 Å². The van der Waals surface area contributed by atoms with Crippen molar-refractivity contribution < 1.29 is 18.3 Å². The van der Waals surface area contributed by atoms with Crippen LogP contribution in [0.3, 0.4) is 0 Å². The molecule has 0 amide bonds. The second-order valence-corrected chi connectivity index (χ2v) is 8.12. The molecule has 2 atom stereocenters. The molecule has 0 saturated carbocycles. The molecule has 2 unspecified atom stereocenters. The van der Waals surface area contributed by atoms with E-state index in [-0.39, 0.29) is 30.7 Å². The summed E-state index contributed by atoms with van der Waals surface area (Å²) >= 11 is 11.8. The Kier molecular flexibility index (Phi) is 5.73. The molecule has 0 bridgehead atoms. The second kappa shape index (κ2) is 7.15. The first-order valence-corrected chi connectivity index (χ1v) is 9.13. The Morgan fingerprint density at radius 3 is 2.86 bits per heavy atom. The molecule has 1 aromatic carbocycles. The summed E-state index contributed by atoms with van der Waals surface area (Å²) in [5.41, 5.74) is 0. The van der Waals surface area contributed by atoms with E-state index in [9.17, 15) is 13.5 Å². The van der Waals surface area contributed by atoms with Crippen molar-refractivity contribution in [2.75, 3.05) is 24.7 Å². The van der Waals surface area contributed by atoms with Gasteiger partial charge in [0.25, 0.3) is 0 Å². The molecule has 2 N–H and O–H groups in total. The number of rotatable bonds is 6. The van der Waals surface area contributed by atoms with E-state index in [1.54, 1.807) is 18.2 Å². The average Bonchev–Trinajstić information content (AvgIpc) is 2.77. The zero-order valence-corrected chi connectivity index (χ0v) is 13.6. The molecular formula is C13H17Cl2NO4S. The number of benzene rings is 1. The average molecular weight is 354 g/mol. The molecule has 1 saturated heterocycles. The van der Waals surface area contributed by atoms with Crippen molar-refractivity contribution >= 4 is 33.0 Å². The summed E-state index contributed by atoms with van der Waals surface area (Å²) < 4.78 is 28.0. The summed E-state index contributed by atoms with van der Waals surface area (Å²) in [6, 6.07) is 4.75. The lowest BCUT2D eigenvalue weighted by Gasteiger charge is -2.16. The molecule has 1 aliphatic heterocycles. The van der Waals surface area contributed by atoms with Crippen LogP contribution in [-0.4, -0.2) is 50.3 Å². The molecule has 21 heavy (non-hydrogen) atoms. The van der Waals surface area contributed by atoms with Gasteiger partial charge in [0.05, 0.1) is 16.5 Å². The number of aliphatic hydroxyl groups excluding tert-OH is 1. The summed E-state index contributed by atoms with van der Waals surface area (Å²) in [5, 5.41) is 13.8. The Labute approximate surface area is 134 Å². The van der Waals surface area contributed by atoms with Crippen LogP contribution in [0.1, 0.15) is 6.42 Å². The summed E-state index contributed by atoms with van der Waals surface area (Å²) in [6.45, 7) is 0.310. The van der Waals surface area contributed by atoms with Gasteiger partial charge >= 0.3 is 0 Å². The van der Waals surface area contributed by atoms with Gasteiger partial charge in [0, 0.05) is 23.7 Å². The molecule has 8 heteroatoms. The van der Waals surface area contributed by atoms with Crippen molar-refractivity contribution in [2.45, 2.75) is 18.6 Å². The van der Waals surface area contributed by atoms with Gasteiger partial charge in [-0.2, -0.15) is 0 Å². The van der Waals surface area contributed by atoms with Gasteiger partial charge in [-0.05, 0) is 18.6 Å². The SMILES string of the molecule is O=S1(=O)CCC(NCC(O)COc2cc(Cl)ccc2Cl)C1. The van der Waals surface area contributed by atoms with Crippen molar-refractivity contribution in [2.24, 2.45) is 0 Å². The standard InChI is InChI=1S/C13H17Cl2NO4S/c14-9-1-2-12(15)13(5-9)20-7-11(17)6-16-10-3-4-21(18,19)8-10/h1-2,5,10-11,16-17H,3-4,6-8H2. The summed E-state index contributed by atoms with van der Waals surface area (Å²) in [4.78, 5) is 0. The molecule has 1 heterocycles. The van der Waals surface area contributed by atoms with Gasteiger partial charge in [0.1, 0.15) is 18.5 Å². The molecule has 1 fully saturated rings. The quantitative estimate of drug-likeness (QED) is 0.810. The van der Waals surface area contributed by atoms with E-state index in [2.05, 4.69) is 5.32 Å². The lowest BCUT2D eigenvalue weighted by molar-refractivity contribution is 0.104. The third-order valence-corrected chi connectivity index (χ3v) is 5.51. The zero-order chi connectivity index (χ0) is 15.5. The monoisotopic (exact) mass is 353 g/mol. The first-order chi connectivity index (χ1) is 9.85. The van der Waals surface area contributed by atoms with Crippen molar-refractivity contribution in [3.63, 3.8) is 0 Å². The Morgan fingerprint density at radius 2 is 2.19 bits per heavy atom. The van der Waals surface area contributed by atoms with Crippen LogP contribution < -0.4 is 10.1 Å². The normalized spacial score (nSPS) is 22.1. The van der Waals surface area contributed by atoms with Crippen LogP contribution in [0.4, 0.5) is 0 Å². The van der Waals surface area contributed by atoms with E-state index in [0.717, 1.165) is 0 Å². The van der Waals surface area contributed by atoms with Gasteiger partial charge < -0.3 is 15.2 Å². The molecular weight excluding hydrogens is 337 g/mol. The largest absolute Gasteiger partial charge is 0.489 e. The highest BCUT2D eigenvalue weighted by molar-refractivity contribution is 7.91. The highest BCUT2D eigenvalue weighted by Crippen LogP contribution is 2.27. The number of hydrogen-bond donors (Lipinski definition) is 2. The molecule has 0 aliphatic carbocycles. The molecule has 2 rings (SSSR count). The summed E-state index contributed by atoms with van der Waals surface area (Å²) in [6.07, 6.45) is -0.181. The van der Waals surface area contributed by atoms with Crippen molar-refractivity contribution in [1.29, 1.82) is 0 Å². The Bertz CT molecular complexity index is 594. The number of hydrogen-bond acceptors (Lipinski definition) is 5. The fourth-order valence-corrected chi connectivity index (χ4v) is 4.13. The fraction of sp³-hybridized carbons (Fsp3) is 0.538. The lowest BCUT2D eigenvalue weighted by atomic mass is 10.2. The van der Waals surface area contributed by atoms with Crippen molar-refractivity contribution in [1.82, 2.24) is 5.32 Å². The predicted molar refractivity (Wildman–Crippen MR) is 83.0 cm³/mol. The topological polar surface area (TPSA) is 75.6 Å². The third-order valence-electron chi connectivity index (χ3n) is 3.20. The first kappa shape index (κ1) is 16.8. The molecule has 1 aliphatic rings. The number of aliphatic hydroxyl groups is 1. The summed E-state index contributed by atoms with van der Waals surface area (Å²) in [5.74, 6) is 0.738. The number of sulfone groups is 1. The molecule has 0 radical (unpaired) electrons. The van der Waals surface area contributed by atoms with Crippen LogP contribution in [0.15, 0.2) is 18.2 Å². The van der Waals surface area contributed by atoms with Gasteiger partial charge in [-0.25, -0.2) is 8.42 Å². The number of halogens is 2. The summed E-state index contributed by atoms with van der Waals surface area (Å²) in [7, 11) is -2.92. The van der Waals surface area contributed by atoms with E-state index in [1.807, 2.05) is 0 Å². The maximum Gasteiger partial charge on any atom is 0.151 e. The highest BCUT2D eigenvalue weighted by Gasteiger charge is 2.27. The van der Waals surface area contributed by atoms with Crippen molar-refractivity contribution in [3.05, 3.63) is 28.2 Å². The maximum atomic E-state index is 11.3. The van der Waals surface area contributed by atoms with Crippen molar-refractivity contribution in [3.8, 4) is 5.75 Å². The Morgan fingerprint density at radius 1 is 1.43 bits per heavy atom. The Hall–Kier alpha value is -0.530. The van der Waals surface area contributed by atoms with E-state index in [1.165, 1.54) is 0 Å². The minimum absolute atomic E-state index is 0.0481. The van der Waals surface area contributed by atoms with Gasteiger partial charge in [-0.1, -0.05) is 23.2 Å². The lowest BCUT2D eigenvalue weighted by Crippen LogP contribution is -2.38. The predicted octanol–water partition coefficient (Wildman–Crippen LogP) is 1.51. The number of ether oxygens (including phenoxy) is 1. The van der Waals surface area contributed by atoms with E-state index < -0.39 is 15.9 Å².